The number of carbonyl (C=O) groups excluding carboxylic acids is 1. The number of hydrogen-bond donors (Lipinski definition) is 0. The number of thioether (sulfide) groups is 2. The number of allylic oxidation sites excluding steroid dienone is 9. The van der Waals surface area contributed by atoms with Crippen molar-refractivity contribution in [3.8, 4) is 0 Å². The summed E-state index contributed by atoms with van der Waals surface area (Å²) in [5, 5.41) is 0. The van der Waals surface area contributed by atoms with E-state index in [1.807, 2.05) is 41.8 Å². The molecule has 0 saturated carbocycles. The van der Waals surface area contributed by atoms with Crippen LogP contribution in [0.2, 0.25) is 0 Å². The van der Waals surface area contributed by atoms with Gasteiger partial charge in [-0.3, -0.25) is 4.79 Å². The molecule has 0 aromatic carbocycles. The summed E-state index contributed by atoms with van der Waals surface area (Å²) < 4.78 is 1.42. The van der Waals surface area contributed by atoms with E-state index in [0.717, 1.165) is 12.0 Å². The fourth-order valence-corrected chi connectivity index (χ4v) is 4.86. The first kappa shape index (κ1) is 12.1. The van der Waals surface area contributed by atoms with Crippen LogP contribution in [-0.4, -0.2) is 17.3 Å². The van der Waals surface area contributed by atoms with E-state index < -0.39 is 0 Å². The second-order valence-electron chi connectivity index (χ2n) is 4.39. The number of hydrogen-bond acceptors (Lipinski definition) is 3. The molecule has 2 bridgehead atoms. The van der Waals surface area contributed by atoms with Crippen molar-refractivity contribution in [2.24, 2.45) is 0 Å². The molecule has 0 N–H and O–H groups in total. The van der Waals surface area contributed by atoms with E-state index in [-0.39, 0.29) is 5.78 Å². The van der Waals surface area contributed by atoms with E-state index in [1.165, 1.54) is 33.3 Å². The van der Waals surface area contributed by atoms with E-state index in [4.69, 9.17) is 0 Å². The van der Waals surface area contributed by atoms with Gasteiger partial charge in [0, 0.05) is 16.2 Å². The second-order valence-corrected chi connectivity index (χ2v) is 6.86. The molecule has 18 heavy (non-hydrogen) atoms. The third-order valence-electron chi connectivity index (χ3n) is 3.12. The quantitative estimate of drug-likeness (QED) is 0.664. The molecule has 3 heteroatoms. The molecule has 0 radical (unpaired) electrons. The van der Waals surface area contributed by atoms with Crippen LogP contribution in [0, 0.1) is 0 Å². The maximum atomic E-state index is 11.8. The summed E-state index contributed by atoms with van der Waals surface area (Å²) in [5.74, 6) is 2.56. The maximum Gasteiger partial charge on any atom is 0.182 e. The zero-order chi connectivity index (χ0) is 12.4. The lowest BCUT2D eigenvalue weighted by Crippen LogP contribution is -1.99. The Morgan fingerprint density at radius 1 is 0.944 bits per heavy atom. The van der Waals surface area contributed by atoms with Crippen molar-refractivity contribution in [2.45, 2.75) is 12.8 Å². The van der Waals surface area contributed by atoms with Crippen molar-refractivity contribution >= 4 is 29.3 Å². The van der Waals surface area contributed by atoms with Crippen LogP contribution in [0.4, 0.5) is 0 Å². The fraction of sp³-hybridized carbons (Fsp3) is 0.267. The normalized spacial score (nSPS) is 23.4. The summed E-state index contributed by atoms with van der Waals surface area (Å²) in [5.41, 5.74) is 3.48. The molecule has 1 saturated heterocycles. The standard InChI is InChI=1S/C15H14OS2/c16-14-7-2-4-11-10-12(14)5-1-6-13(11)15-17-8-3-9-18-15/h1-2,4-7H,3,8-10H2. The van der Waals surface area contributed by atoms with Crippen LogP contribution in [0.1, 0.15) is 12.8 Å². The van der Waals surface area contributed by atoms with Crippen molar-refractivity contribution in [2.75, 3.05) is 11.5 Å². The van der Waals surface area contributed by atoms with Crippen molar-refractivity contribution in [3.63, 3.8) is 0 Å². The smallest absolute Gasteiger partial charge is 0.182 e. The highest BCUT2D eigenvalue weighted by molar-refractivity contribution is 8.22. The summed E-state index contributed by atoms with van der Waals surface area (Å²) >= 11 is 3.90. The first-order valence-corrected chi connectivity index (χ1v) is 8.11. The fourth-order valence-electron chi connectivity index (χ4n) is 2.19. The summed E-state index contributed by atoms with van der Waals surface area (Å²) in [6.45, 7) is 0. The molecule has 1 fully saturated rings. The van der Waals surface area contributed by atoms with Gasteiger partial charge < -0.3 is 0 Å². The molecule has 3 rings (SSSR count). The summed E-state index contributed by atoms with van der Waals surface area (Å²) in [4.78, 5) is 11.8. The maximum absolute atomic E-state index is 11.8. The molecular formula is C15H14OS2. The number of fused-ring (bicyclic) bond motifs is 2. The lowest BCUT2D eigenvalue weighted by molar-refractivity contribution is -0.111. The summed E-state index contributed by atoms with van der Waals surface area (Å²) in [6.07, 6.45) is 13.8. The first-order valence-electron chi connectivity index (χ1n) is 6.13. The Labute approximate surface area is 116 Å². The van der Waals surface area contributed by atoms with Crippen LogP contribution >= 0.6 is 23.5 Å². The molecule has 92 valence electrons. The Morgan fingerprint density at radius 2 is 1.67 bits per heavy atom. The van der Waals surface area contributed by atoms with Crippen molar-refractivity contribution in [1.82, 2.24) is 0 Å². The van der Waals surface area contributed by atoms with Gasteiger partial charge in [0.1, 0.15) is 0 Å². The number of rotatable bonds is 0. The first-order chi connectivity index (χ1) is 8.84. The average Bonchev–Trinajstić information content (AvgIpc) is 2.72. The zero-order valence-electron chi connectivity index (χ0n) is 10.0. The molecule has 0 atom stereocenters. The number of carbonyl (C=O) groups is 1. The van der Waals surface area contributed by atoms with E-state index in [2.05, 4.69) is 12.2 Å². The van der Waals surface area contributed by atoms with E-state index >= 15 is 0 Å². The van der Waals surface area contributed by atoms with E-state index in [9.17, 15) is 4.79 Å². The van der Waals surface area contributed by atoms with Crippen molar-refractivity contribution in [1.29, 1.82) is 0 Å². The topological polar surface area (TPSA) is 17.1 Å². The molecule has 0 unspecified atom stereocenters. The molecule has 1 aliphatic heterocycles. The highest BCUT2D eigenvalue weighted by Crippen LogP contribution is 2.41. The number of ketones is 1. The monoisotopic (exact) mass is 274 g/mol. The highest BCUT2D eigenvalue weighted by atomic mass is 32.2. The molecule has 3 aliphatic rings. The Morgan fingerprint density at radius 3 is 2.50 bits per heavy atom. The Hall–Kier alpha value is -0.930. The minimum atomic E-state index is 0.140. The molecule has 0 spiro atoms. The van der Waals surface area contributed by atoms with Gasteiger partial charge in [0.05, 0.1) is 0 Å². The lowest BCUT2D eigenvalue weighted by Gasteiger charge is -2.17. The van der Waals surface area contributed by atoms with E-state index in [0.29, 0.717) is 0 Å². The Kier molecular flexibility index (Phi) is 3.62. The SMILES string of the molecule is O=C1C=CC=C2CC1=CC=CC2=C1SCCCS1. The molecular weight excluding hydrogens is 260 g/mol. The molecule has 0 aromatic heterocycles. The van der Waals surface area contributed by atoms with Gasteiger partial charge in [-0.15, -0.1) is 23.5 Å². The van der Waals surface area contributed by atoms with Crippen LogP contribution in [0.25, 0.3) is 0 Å². The van der Waals surface area contributed by atoms with Gasteiger partial charge in [-0.05, 0) is 35.1 Å². The van der Waals surface area contributed by atoms with Gasteiger partial charge in [-0.2, -0.15) is 0 Å². The van der Waals surface area contributed by atoms with Crippen LogP contribution < -0.4 is 0 Å². The van der Waals surface area contributed by atoms with Crippen LogP contribution in [0.5, 0.6) is 0 Å². The minimum absolute atomic E-state index is 0.140. The van der Waals surface area contributed by atoms with Crippen LogP contribution in [0.3, 0.4) is 0 Å². The summed E-state index contributed by atoms with van der Waals surface area (Å²) in [7, 11) is 0. The van der Waals surface area contributed by atoms with Gasteiger partial charge in [0.15, 0.2) is 5.78 Å². The molecule has 1 heterocycles. The highest BCUT2D eigenvalue weighted by Gasteiger charge is 2.19. The Balaban J connectivity index is 2.02. The predicted molar refractivity (Wildman–Crippen MR) is 80.6 cm³/mol. The zero-order valence-corrected chi connectivity index (χ0v) is 11.7. The molecule has 0 amide bonds. The van der Waals surface area contributed by atoms with Crippen molar-refractivity contribution < 1.29 is 4.79 Å². The van der Waals surface area contributed by atoms with Gasteiger partial charge in [-0.25, -0.2) is 0 Å². The predicted octanol–water partition coefficient (Wildman–Crippen LogP) is 4.02. The third-order valence-corrected chi connectivity index (χ3v) is 5.78. The van der Waals surface area contributed by atoms with Crippen molar-refractivity contribution in [3.05, 3.63) is 57.4 Å². The Bertz CT molecular complexity index is 525. The minimum Gasteiger partial charge on any atom is -0.290 e. The largest absolute Gasteiger partial charge is 0.290 e. The third kappa shape index (κ3) is 2.43. The molecule has 1 nitrogen and oxygen atoms in total. The summed E-state index contributed by atoms with van der Waals surface area (Å²) in [6, 6.07) is 0. The second kappa shape index (κ2) is 5.37. The molecule has 2 aliphatic carbocycles. The van der Waals surface area contributed by atoms with Gasteiger partial charge >= 0.3 is 0 Å². The lowest BCUT2D eigenvalue weighted by atomic mass is 10.0. The van der Waals surface area contributed by atoms with Gasteiger partial charge in [0.2, 0.25) is 0 Å². The van der Waals surface area contributed by atoms with Crippen LogP contribution in [0.15, 0.2) is 57.4 Å². The van der Waals surface area contributed by atoms with E-state index in [1.54, 1.807) is 6.08 Å². The van der Waals surface area contributed by atoms with Crippen LogP contribution in [-0.2, 0) is 4.79 Å². The average molecular weight is 274 g/mol. The molecule has 0 aromatic rings. The van der Waals surface area contributed by atoms with Gasteiger partial charge in [0.25, 0.3) is 0 Å². The van der Waals surface area contributed by atoms with Gasteiger partial charge in [-0.1, -0.05) is 30.4 Å².